The third kappa shape index (κ3) is 3.50. The first-order valence-corrected chi connectivity index (χ1v) is 6.86. The molecular weight excluding hydrogens is 326 g/mol. The SMILES string of the molecule is C=CCCCC(N)c1cc(Br)sc1Br. The maximum atomic E-state index is 6.07. The largest absolute Gasteiger partial charge is 0.324 e. The molecule has 0 saturated carbocycles. The first-order chi connectivity index (χ1) is 6.65. The molecule has 0 aliphatic carbocycles. The fourth-order valence-corrected chi connectivity index (χ4v) is 4.24. The molecular formula is C10H13Br2NS. The quantitative estimate of drug-likeness (QED) is 0.614. The van der Waals surface area contributed by atoms with Crippen LogP contribution in [0.5, 0.6) is 0 Å². The van der Waals surface area contributed by atoms with E-state index in [1.54, 1.807) is 11.3 Å². The second-order valence-electron chi connectivity index (χ2n) is 3.11. The Morgan fingerprint density at radius 3 is 2.79 bits per heavy atom. The monoisotopic (exact) mass is 337 g/mol. The van der Waals surface area contributed by atoms with Crippen molar-refractivity contribution in [2.45, 2.75) is 25.3 Å². The summed E-state index contributed by atoms with van der Waals surface area (Å²) in [7, 11) is 0. The fourth-order valence-electron chi connectivity index (χ4n) is 1.24. The van der Waals surface area contributed by atoms with Crippen molar-refractivity contribution in [3.63, 3.8) is 0 Å². The molecule has 2 N–H and O–H groups in total. The summed E-state index contributed by atoms with van der Waals surface area (Å²) < 4.78 is 2.26. The molecule has 78 valence electrons. The van der Waals surface area contributed by atoms with E-state index in [4.69, 9.17) is 5.73 Å². The third-order valence-corrected chi connectivity index (χ3v) is 4.39. The number of unbranched alkanes of at least 4 members (excludes halogenated alkanes) is 1. The van der Waals surface area contributed by atoms with E-state index in [0.29, 0.717) is 0 Å². The summed E-state index contributed by atoms with van der Waals surface area (Å²) >= 11 is 8.63. The minimum Gasteiger partial charge on any atom is -0.324 e. The van der Waals surface area contributed by atoms with E-state index in [0.717, 1.165) is 26.8 Å². The van der Waals surface area contributed by atoms with Crippen molar-refractivity contribution >= 4 is 43.2 Å². The standard InChI is InChI=1S/C10H13Br2NS/c1-2-3-4-5-8(13)7-6-9(11)14-10(7)12/h2,6,8H,1,3-5,13H2. The van der Waals surface area contributed by atoms with E-state index in [-0.39, 0.29) is 6.04 Å². The van der Waals surface area contributed by atoms with Gasteiger partial charge in [0.2, 0.25) is 0 Å². The van der Waals surface area contributed by atoms with E-state index in [1.165, 1.54) is 5.56 Å². The van der Waals surface area contributed by atoms with Crippen molar-refractivity contribution in [2.75, 3.05) is 0 Å². The lowest BCUT2D eigenvalue weighted by molar-refractivity contribution is 0.617. The van der Waals surface area contributed by atoms with Gasteiger partial charge in [-0.05, 0) is 62.8 Å². The van der Waals surface area contributed by atoms with Gasteiger partial charge in [-0.2, -0.15) is 0 Å². The topological polar surface area (TPSA) is 26.0 Å². The first-order valence-electron chi connectivity index (χ1n) is 4.46. The summed E-state index contributed by atoms with van der Waals surface area (Å²) in [5.74, 6) is 0. The molecule has 0 aromatic carbocycles. The van der Waals surface area contributed by atoms with Crippen LogP contribution in [0.4, 0.5) is 0 Å². The van der Waals surface area contributed by atoms with Gasteiger partial charge in [0, 0.05) is 6.04 Å². The summed E-state index contributed by atoms with van der Waals surface area (Å²) in [5, 5.41) is 0. The van der Waals surface area contributed by atoms with Crippen LogP contribution in [-0.4, -0.2) is 0 Å². The summed E-state index contributed by atoms with van der Waals surface area (Å²) in [5.41, 5.74) is 7.27. The van der Waals surface area contributed by atoms with Gasteiger partial charge in [0.05, 0.1) is 7.57 Å². The minimum atomic E-state index is 0.131. The number of thiophene rings is 1. The van der Waals surface area contributed by atoms with Crippen LogP contribution in [-0.2, 0) is 0 Å². The van der Waals surface area contributed by atoms with Gasteiger partial charge in [-0.1, -0.05) is 6.08 Å². The molecule has 1 nitrogen and oxygen atoms in total. The Kier molecular flexibility index (Phi) is 5.38. The average Bonchev–Trinajstić information content (AvgIpc) is 2.45. The Morgan fingerprint density at radius 2 is 2.29 bits per heavy atom. The predicted molar refractivity (Wildman–Crippen MR) is 70.7 cm³/mol. The van der Waals surface area contributed by atoms with Crippen LogP contribution >= 0.6 is 43.2 Å². The lowest BCUT2D eigenvalue weighted by Gasteiger charge is -2.09. The highest BCUT2D eigenvalue weighted by Gasteiger charge is 2.12. The van der Waals surface area contributed by atoms with Gasteiger partial charge in [0.15, 0.2) is 0 Å². The summed E-state index contributed by atoms with van der Waals surface area (Å²) in [6.45, 7) is 3.70. The van der Waals surface area contributed by atoms with Crippen LogP contribution in [0.2, 0.25) is 0 Å². The Bertz CT molecular complexity index is 309. The highest BCUT2D eigenvalue weighted by atomic mass is 79.9. The molecule has 0 amide bonds. The van der Waals surface area contributed by atoms with Crippen LogP contribution in [0.15, 0.2) is 26.3 Å². The molecule has 0 aliphatic rings. The molecule has 1 rings (SSSR count). The highest BCUT2D eigenvalue weighted by molar-refractivity contribution is 9.12. The van der Waals surface area contributed by atoms with Crippen LogP contribution in [0.25, 0.3) is 0 Å². The molecule has 1 aromatic rings. The van der Waals surface area contributed by atoms with E-state index in [1.807, 2.05) is 6.08 Å². The zero-order chi connectivity index (χ0) is 10.6. The van der Waals surface area contributed by atoms with Crippen LogP contribution in [0.1, 0.15) is 30.9 Å². The Balaban J connectivity index is 2.55. The van der Waals surface area contributed by atoms with Gasteiger partial charge >= 0.3 is 0 Å². The van der Waals surface area contributed by atoms with Crippen molar-refractivity contribution in [3.8, 4) is 0 Å². The lowest BCUT2D eigenvalue weighted by atomic mass is 10.1. The third-order valence-electron chi connectivity index (χ3n) is 2.01. The second-order valence-corrected chi connectivity index (χ2v) is 6.85. The van der Waals surface area contributed by atoms with Gasteiger partial charge in [-0.15, -0.1) is 17.9 Å². The van der Waals surface area contributed by atoms with Gasteiger partial charge in [0.25, 0.3) is 0 Å². The molecule has 14 heavy (non-hydrogen) atoms. The summed E-state index contributed by atoms with van der Waals surface area (Å²) in [6.07, 6.45) is 5.08. The zero-order valence-corrected chi connectivity index (χ0v) is 11.8. The molecule has 0 radical (unpaired) electrons. The van der Waals surface area contributed by atoms with Gasteiger partial charge < -0.3 is 5.73 Å². The molecule has 0 saturated heterocycles. The smallest absolute Gasteiger partial charge is 0.0758 e. The van der Waals surface area contributed by atoms with Crippen molar-refractivity contribution in [1.82, 2.24) is 0 Å². The van der Waals surface area contributed by atoms with Crippen LogP contribution < -0.4 is 5.73 Å². The van der Waals surface area contributed by atoms with E-state index < -0.39 is 0 Å². The van der Waals surface area contributed by atoms with Crippen molar-refractivity contribution in [3.05, 3.63) is 31.9 Å². The molecule has 0 spiro atoms. The maximum Gasteiger partial charge on any atom is 0.0758 e. The molecule has 1 aromatic heterocycles. The normalized spacial score (nSPS) is 12.8. The molecule has 0 fully saturated rings. The van der Waals surface area contributed by atoms with Crippen LogP contribution in [0.3, 0.4) is 0 Å². The zero-order valence-electron chi connectivity index (χ0n) is 7.80. The van der Waals surface area contributed by atoms with E-state index in [9.17, 15) is 0 Å². The van der Waals surface area contributed by atoms with Crippen molar-refractivity contribution in [2.24, 2.45) is 5.73 Å². The molecule has 4 heteroatoms. The lowest BCUT2D eigenvalue weighted by Crippen LogP contribution is -2.09. The predicted octanol–water partition coefficient (Wildman–Crippen LogP) is 4.63. The minimum absolute atomic E-state index is 0.131. The number of hydrogen-bond donors (Lipinski definition) is 1. The van der Waals surface area contributed by atoms with Crippen LogP contribution in [0, 0.1) is 0 Å². The Labute approximate surface area is 106 Å². The Morgan fingerprint density at radius 1 is 1.57 bits per heavy atom. The van der Waals surface area contributed by atoms with Crippen molar-refractivity contribution in [1.29, 1.82) is 0 Å². The Hall–Kier alpha value is 0.360. The highest BCUT2D eigenvalue weighted by Crippen LogP contribution is 2.36. The first kappa shape index (κ1) is 12.4. The maximum absolute atomic E-state index is 6.07. The number of hydrogen-bond acceptors (Lipinski definition) is 2. The molecule has 0 bridgehead atoms. The second kappa shape index (κ2) is 6.05. The van der Waals surface area contributed by atoms with E-state index in [2.05, 4.69) is 44.5 Å². The number of nitrogens with two attached hydrogens (primary N) is 1. The number of allylic oxidation sites excluding steroid dienone is 1. The average molecular weight is 339 g/mol. The van der Waals surface area contributed by atoms with Crippen molar-refractivity contribution < 1.29 is 0 Å². The molecule has 1 atom stereocenters. The van der Waals surface area contributed by atoms with Gasteiger partial charge in [-0.25, -0.2) is 0 Å². The molecule has 1 unspecified atom stereocenters. The van der Waals surface area contributed by atoms with Gasteiger partial charge in [0.1, 0.15) is 0 Å². The molecule has 0 aliphatic heterocycles. The molecule has 1 heterocycles. The number of halogens is 2. The van der Waals surface area contributed by atoms with E-state index >= 15 is 0 Å². The summed E-state index contributed by atoms with van der Waals surface area (Å²) in [6, 6.07) is 2.22. The summed E-state index contributed by atoms with van der Waals surface area (Å²) in [4.78, 5) is 0. The fraction of sp³-hybridized carbons (Fsp3) is 0.400. The number of rotatable bonds is 5. The van der Waals surface area contributed by atoms with Gasteiger partial charge in [-0.3, -0.25) is 0 Å².